The number of hydrogen-bond acceptors (Lipinski definition) is 6. The number of nitrogens with zero attached hydrogens (tertiary/aromatic N) is 6. The van der Waals surface area contributed by atoms with Crippen molar-refractivity contribution in [1.29, 1.82) is 5.26 Å². The molecule has 0 N–H and O–H groups in total. The summed E-state index contributed by atoms with van der Waals surface area (Å²) in [5, 5.41) is 19.1. The molecule has 0 saturated heterocycles. The highest BCUT2D eigenvalue weighted by Gasteiger charge is 2.38. The summed E-state index contributed by atoms with van der Waals surface area (Å²) in [6, 6.07) is 10.7. The van der Waals surface area contributed by atoms with Crippen molar-refractivity contribution >= 4 is 23.4 Å². The highest BCUT2D eigenvalue weighted by molar-refractivity contribution is 7.99. The second-order valence-electron chi connectivity index (χ2n) is 8.03. The monoisotopic (exact) mass is 440 g/mol. The van der Waals surface area contributed by atoms with Crippen molar-refractivity contribution in [1.82, 2.24) is 19.7 Å². The number of amides is 1. The molecule has 31 heavy (non-hydrogen) atoms. The lowest BCUT2D eigenvalue weighted by atomic mass is 9.81. The van der Waals surface area contributed by atoms with E-state index in [4.69, 9.17) is 0 Å². The summed E-state index contributed by atoms with van der Waals surface area (Å²) in [5.41, 5.74) is 1.52. The summed E-state index contributed by atoms with van der Waals surface area (Å²) in [5.74, 6) is 0.976. The van der Waals surface area contributed by atoms with Gasteiger partial charge in [0.15, 0.2) is 11.0 Å². The second-order valence-corrected chi connectivity index (χ2v) is 8.97. The molecule has 7 nitrogen and oxygen atoms in total. The summed E-state index contributed by atoms with van der Waals surface area (Å²) in [4.78, 5) is 16.8. The molecule has 1 amide bonds. The van der Waals surface area contributed by atoms with Crippen LogP contribution in [0.1, 0.15) is 46.0 Å². The van der Waals surface area contributed by atoms with Crippen molar-refractivity contribution in [3.63, 3.8) is 0 Å². The molecule has 0 unspecified atom stereocenters. The summed E-state index contributed by atoms with van der Waals surface area (Å²) in [6.07, 6.45) is 4.65. The number of carbonyl (C=O) groups is 1. The molecule has 1 aliphatic carbocycles. The molecule has 0 bridgehead atoms. The van der Waals surface area contributed by atoms with E-state index in [0.29, 0.717) is 5.16 Å². The zero-order valence-corrected chi connectivity index (χ0v) is 19.8. The fourth-order valence-corrected chi connectivity index (χ4v) is 5.05. The van der Waals surface area contributed by atoms with E-state index in [2.05, 4.69) is 59.3 Å². The van der Waals surface area contributed by atoms with Gasteiger partial charge in [0.25, 0.3) is 0 Å². The smallest absolute Gasteiger partial charge is 0.234 e. The second kappa shape index (κ2) is 10.2. The first-order valence-corrected chi connectivity index (χ1v) is 12.0. The van der Waals surface area contributed by atoms with Crippen molar-refractivity contribution in [3.05, 3.63) is 24.3 Å². The van der Waals surface area contributed by atoms with E-state index >= 15 is 0 Å². The average molecular weight is 441 g/mol. The normalized spacial score (nSPS) is 15.3. The van der Waals surface area contributed by atoms with E-state index < -0.39 is 5.54 Å². The lowest BCUT2D eigenvalue weighted by Gasteiger charge is -2.39. The van der Waals surface area contributed by atoms with Gasteiger partial charge in [-0.25, -0.2) is 0 Å². The number of benzene rings is 1. The lowest BCUT2D eigenvalue weighted by Crippen LogP contribution is -2.50. The first-order valence-electron chi connectivity index (χ1n) is 11.0. The Balaban J connectivity index is 1.67. The van der Waals surface area contributed by atoms with Crippen LogP contribution in [0.15, 0.2) is 29.4 Å². The van der Waals surface area contributed by atoms with Gasteiger partial charge in [-0.05, 0) is 51.0 Å². The minimum absolute atomic E-state index is 0.0402. The average Bonchev–Trinajstić information content (AvgIpc) is 3.18. The third-order valence-electron chi connectivity index (χ3n) is 6.32. The Morgan fingerprint density at radius 3 is 2.39 bits per heavy atom. The maximum Gasteiger partial charge on any atom is 0.234 e. The molecule has 2 aromatic rings. The summed E-state index contributed by atoms with van der Waals surface area (Å²) >= 11 is 1.37. The molecule has 0 aliphatic heterocycles. The summed E-state index contributed by atoms with van der Waals surface area (Å²) in [7, 11) is 3.68. The number of rotatable bonds is 8. The summed E-state index contributed by atoms with van der Waals surface area (Å²) in [6.45, 7) is 6.23. The minimum atomic E-state index is -0.659. The maximum absolute atomic E-state index is 12.8. The zero-order chi connectivity index (χ0) is 22.4. The van der Waals surface area contributed by atoms with Crippen LogP contribution in [0.2, 0.25) is 0 Å². The van der Waals surface area contributed by atoms with Crippen LogP contribution in [0.5, 0.6) is 0 Å². The van der Waals surface area contributed by atoms with Crippen LogP contribution in [0.25, 0.3) is 11.4 Å². The molecule has 1 heterocycles. The van der Waals surface area contributed by atoms with Gasteiger partial charge >= 0.3 is 0 Å². The van der Waals surface area contributed by atoms with Crippen LogP contribution in [-0.4, -0.2) is 57.0 Å². The number of hydrogen-bond donors (Lipinski definition) is 0. The van der Waals surface area contributed by atoms with Crippen LogP contribution < -0.4 is 4.90 Å². The molecule has 0 spiro atoms. The Kier molecular flexibility index (Phi) is 7.60. The molecular weight excluding hydrogens is 408 g/mol. The third-order valence-corrected chi connectivity index (χ3v) is 7.32. The minimum Gasteiger partial charge on any atom is -0.372 e. The van der Waals surface area contributed by atoms with E-state index in [1.54, 1.807) is 11.9 Å². The number of carbonyl (C=O) groups excluding carboxylic acids is 1. The molecule has 166 valence electrons. The lowest BCUT2D eigenvalue weighted by molar-refractivity contribution is -0.131. The van der Waals surface area contributed by atoms with Crippen LogP contribution in [0, 0.1) is 11.3 Å². The van der Waals surface area contributed by atoms with Crippen molar-refractivity contribution in [3.8, 4) is 17.5 Å². The highest BCUT2D eigenvalue weighted by atomic mass is 32.2. The summed E-state index contributed by atoms with van der Waals surface area (Å²) < 4.78 is 1.92. The quantitative estimate of drug-likeness (QED) is 0.575. The SMILES string of the molecule is CCN(CC)c1ccc(-c2nnc(SCC(=O)N(C)C3(C#N)CCCCC3)n2C)cc1. The van der Waals surface area contributed by atoms with E-state index in [1.807, 2.05) is 11.6 Å². The highest BCUT2D eigenvalue weighted by Crippen LogP contribution is 2.33. The van der Waals surface area contributed by atoms with Gasteiger partial charge in [0.1, 0.15) is 5.54 Å². The Morgan fingerprint density at radius 2 is 1.81 bits per heavy atom. The standard InChI is InChI=1S/C23H32N6OS/c1-5-29(6-2)19-12-10-18(11-13-19)21-25-26-22(27(21)3)31-16-20(30)28(4)23(17-24)14-8-7-9-15-23/h10-13H,5-9,14-16H2,1-4H3. The predicted octanol–water partition coefficient (Wildman–Crippen LogP) is 4.11. The fraction of sp³-hybridized carbons (Fsp3) is 0.565. The van der Waals surface area contributed by atoms with Crippen LogP contribution in [0.4, 0.5) is 5.69 Å². The zero-order valence-electron chi connectivity index (χ0n) is 19.0. The molecule has 1 aromatic carbocycles. The molecule has 3 rings (SSSR count). The van der Waals surface area contributed by atoms with Crippen molar-refractivity contribution in [2.24, 2.45) is 7.05 Å². The molecule has 1 aromatic heterocycles. The Labute approximate surface area is 189 Å². The first-order chi connectivity index (χ1) is 15.0. The van der Waals surface area contributed by atoms with Crippen molar-refractivity contribution < 1.29 is 4.79 Å². The van der Waals surface area contributed by atoms with Gasteiger partial charge in [0.2, 0.25) is 5.91 Å². The maximum atomic E-state index is 12.8. The molecule has 0 atom stereocenters. The Bertz CT molecular complexity index is 923. The molecule has 8 heteroatoms. The Morgan fingerprint density at radius 1 is 1.16 bits per heavy atom. The molecule has 1 aliphatic rings. The van der Waals surface area contributed by atoms with Gasteiger partial charge in [-0.1, -0.05) is 31.0 Å². The fourth-order valence-electron chi connectivity index (χ4n) is 4.22. The van der Waals surface area contributed by atoms with Gasteiger partial charge in [-0.3, -0.25) is 4.79 Å². The number of aromatic nitrogens is 3. The topological polar surface area (TPSA) is 78.1 Å². The van der Waals surface area contributed by atoms with Gasteiger partial charge in [0.05, 0.1) is 11.8 Å². The van der Waals surface area contributed by atoms with Crippen molar-refractivity contribution in [2.45, 2.75) is 56.6 Å². The Hall–Kier alpha value is -2.53. The van der Waals surface area contributed by atoms with Gasteiger partial charge in [-0.2, -0.15) is 5.26 Å². The molecular formula is C23H32N6OS. The van der Waals surface area contributed by atoms with Gasteiger partial charge in [-0.15, -0.1) is 10.2 Å². The largest absolute Gasteiger partial charge is 0.372 e. The van der Waals surface area contributed by atoms with E-state index in [9.17, 15) is 10.1 Å². The van der Waals surface area contributed by atoms with Gasteiger partial charge < -0.3 is 14.4 Å². The van der Waals surface area contributed by atoms with Gasteiger partial charge in [0, 0.05) is 38.4 Å². The van der Waals surface area contributed by atoms with Crippen LogP contribution in [0.3, 0.4) is 0 Å². The predicted molar refractivity (Wildman–Crippen MR) is 125 cm³/mol. The van der Waals surface area contributed by atoms with Crippen LogP contribution >= 0.6 is 11.8 Å². The van der Waals surface area contributed by atoms with Crippen LogP contribution in [-0.2, 0) is 11.8 Å². The number of nitriles is 1. The molecule has 1 fully saturated rings. The van der Waals surface area contributed by atoms with E-state index in [-0.39, 0.29) is 11.7 Å². The molecule has 1 saturated carbocycles. The first kappa shape index (κ1) is 23.1. The number of anilines is 1. The van der Waals surface area contributed by atoms with E-state index in [1.165, 1.54) is 17.4 Å². The number of thioether (sulfide) groups is 1. The van der Waals surface area contributed by atoms with E-state index in [0.717, 1.165) is 56.6 Å². The third kappa shape index (κ3) is 4.87. The molecule has 0 radical (unpaired) electrons. The van der Waals surface area contributed by atoms with Crippen molar-refractivity contribution in [2.75, 3.05) is 30.8 Å².